The molecular weight excluding hydrogens is 751 g/mol. The van der Waals surface area contributed by atoms with Crippen LogP contribution in [0.5, 0.6) is 0 Å². The van der Waals surface area contributed by atoms with Crippen molar-refractivity contribution in [3.8, 4) is 66.8 Å². The van der Waals surface area contributed by atoms with Crippen molar-refractivity contribution in [3.05, 3.63) is 249 Å². The lowest BCUT2D eigenvalue weighted by Crippen LogP contribution is -2.11. The number of hydrogen-bond donors (Lipinski definition) is 0. The number of anilines is 3. The molecular formula is C60H41NO. The lowest BCUT2D eigenvalue weighted by atomic mass is 9.84. The average molecular weight is 792 g/mol. The molecule has 2 nitrogen and oxygen atoms in total. The van der Waals surface area contributed by atoms with Gasteiger partial charge in [0.25, 0.3) is 0 Å². The van der Waals surface area contributed by atoms with E-state index in [4.69, 9.17) is 4.42 Å². The molecule has 0 aliphatic heterocycles. The second-order valence-electron chi connectivity index (χ2n) is 15.6. The van der Waals surface area contributed by atoms with Gasteiger partial charge in [-0.1, -0.05) is 206 Å². The second kappa shape index (κ2) is 16.1. The Labute approximate surface area is 362 Å². The van der Waals surface area contributed by atoms with Crippen LogP contribution in [0.4, 0.5) is 17.1 Å². The summed E-state index contributed by atoms with van der Waals surface area (Å²) in [5.41, 5.74) is 18.9. The van der Waals surface area contributed by atoms with Crippen LogP contribution in [0.2, 0.25) is 0 Å². The van der Waals surface area contributed by atoms with Gasteiger partial charge in [-0.25, -0.2) is 0 Å². The maximum atomic E-state index is 6.52. The molecule has 62 heavy (non-hydrogen) atoms. The normalized spacial score (nSPS) is 11.2. The van der Waals surface area contributed by atoms with E-state index >= 15 is 0 Å². The topological polar surface area (TPSA) is 16.4 Å². The first-order valence-electron chi connectivity index (χ1n) is 21.2. The summed E-state index contributed by atoms with van der Waals surface area (Å²) in [6.07, 6.45) is 0. The van der Waals surface area contributed by atoms with Crippen LogP contribution in [0.25, 0.3) is 88.7 Å². The number of benzene rings is 10. The molecule has 0 atom stereocenters. The monoisotopic (exact) mass is 791 g/mol. The van der Waals surface area contributed by atoms with Gasteiger partial charge in [-0.2, -0.15) is 0 Å². The molecule has 0 saturated heterocycles. The van der Waals surface area contributed by atoms with Crippen molar-refractivity contribution >= 4 is 39.0 Å². The molecule has 0 radical (unpaired) electrons. The molecule has 0 fully saturated rings. The van der Waals surface area contributed by atoms with Crippen LogP contribution < -0.4 is 4.90 Å². The Morgan fingerprint density at radius 1 is 0.258 bits per heavy atom. The summed E-state index contributed by atoms with van der Waals surface area (Å²) in [4.78, 5) is 2.38. The summed E-state index contributed by atoms with van der Waals surface area (Å²) >= 11 is 0. The van der Waals surface area contributed by atoms with Gasteiger partial charge in [0.15, 0.2) is 0 Å². The van der Waals surface area contributed by atoms with Crippen LogP contribution >= 0.6 is 0 Å². The van der Waals surface area contributed by atoms with Crippen molar-refractivity contribution in [3.63, 3.8) is 0 Å². The number of nitrogens with zero attached hydrogens (tertiary/aromatic N) is 1. The van der Waals surface area contributed by atoms with Crippen molar-refractivity contribution in [2.45, 2.75) is 0 Å². The van der Waals surface area contributed by atoms with Gasteiger partial charge in [0, 0.05) is 33.8 Å². The van der Waals surface area contributed by atoms with Gasteiger partial charge in [-0.05, 0) is 97.6 Å². The van der Waals surface area contributed by atoms with Gasteiger partial charge in [0.05, 0.1) is 5.69 Å². The number of furan rings is 1. The molecule has 0 spiro atoms. The van der Waals surface area contributed by atoms with Gasteiger partial charge in [0.1, 0.15) is 11.2 Å². The summed E-state index contributed by atoms with van der Waals surface area (Å²) in [5.74, 6) is 0. The quantitative estimate of drug-likeness (QED) is 0.145. The fourth-order valence-electron chi connectivity index (χ4n) is 8.99. The van der Waals surface area contributed by atoms with Crippen molar-refractivity contribution in [1.82, 2.24) is 0 Å². The van der Waals surface area contributed by atoms with Crippen LogP contribution in [0.1, 0.15) is 0 Å². The molecule has 11 rings (SSSR count). The molecule has 0 unspecified atom stereocenters. The first kappa shape index (κ1) is 36.8. The molecule has 1 aromatic heterocycles. The van der Waals surface area contributed by atoms with Crippen molar-refractivity contribution < 1.29 is 4.42 Å². The summed E-state index contributed by atoms with van der Waals surface area (Å²) in [6.45, 7) is 0. The molecule has 10 aromatic carbocycles. The van der Waals surface area contributed by atoms with Crippen LogP contribution in [0, 0.1) is 0 Å². The zero-order chi connectivity index (χ0) is 41.2. The summed E-state index contributed by atoms with van der Waals surface area (Å²) in [5, 5.41) is 2.21. The molecule has 0 amide bonds. The minimum absolute atomic E-state index is 0.852. The van der Waals surface area contributed by atoms with Crippen LogP contribution in [-0.2, 0) is 0 Å². The SMILES string of the molecule is c1ccc(-c2ccc(-c3ccccc3N(c3cccc(-c4cccc(-c5ccccc5)c4-c4ccccc4-c4ccccc4)c3)c3ccc4c(c3)oc3ccccc34)cc2)cc1. The maximum Gasteiger partial charge on any atom is 0.137 e. The minimum Gasteiger partial charge on any atom is -0.456 e. The van der Waals surface area contributed by atoms with E-state index in [9.17, 15) is 0 Å². The highest BCUT2D eigenvalue weighted by molar-refractivity contribution is 6.06. The Kier molecular flexibility index (Phi) is 9.57. The lowest BCUT2D eigenvalue weighted by molar-refractivity contribution is 0.669. The molecule has 0 saturated carbocycles. The Hall–Kier alpha value is -8.20. The fourth-order valence-corrected chi connectivity index (χ4v) is 8.99. The third-order valence-electron chi connectivity index (χ3n) is 11.9. The molecule has 0 N–H and O–H groups in total. The third-order valence-corrected chi connectivity index (χ3v) is 11.9. The van der Waals surface area contributed by atoms with Crippen molar-refractivity contribution in [1.29, 1.82) is 0 Å². The van der Waals surface area contributed by atoms with Crippen LogP contribution in [0.3, 0.4) is 0 Å². The van der Waals surface area contributed by atoms with Crippen LogP contribution in [0.15, 0.2) is 253 Å². The van der Waals surface area contributed by atoms with E-state index in [1.807, 2.05) is 12.1 Å². The molecule has 1 heterocycles. The number of para-hydroxylation sites is 2. The van der Waals surface area contributed by atoms with Crippen LogP contribution in [-0.4, -0.2) is 0 Å². The third kappa shape index (κ3) is 6.84. The smallest absolute Gasteiger partial charge is 0.137 e. The van der Waals surface area contributed by atoms with E-state index in [0.717, 1.165) is 61.3 Å². The first-order valence-corrected chi connectivity index (χ1v) is 21.2. The second-order valence-corrected chi connectivity index (χ2v) is 15.6. The highest BCUT2D eigenvalue weighted by Crippen LogP contribution is 2.47. The van der Waals surface area contributed by atoms with Gasteiger partial charge < -0.3 is 9.32 Å². The van der Waals surface area contributed by atoms with Gasteiger partial charge in [-0.15, -0.1) is 0 Å². The predicted molar refractivity (Wildman–Crippen MR) is 261 cm³/mol. The van der Waals surface area contributed by atoms with E-state index in [1.165, 1.54) is 44.5 Å². The standard InChI is InChI=1S/C60H41NO/c1-4-18-42(19-5-1)43-34-36-46(37-35-43)51-27-12-14-32-57(51)61(49-38-39-55-54-28-13-15-33-58(54)62-59(55)41-49)48-25-16-24-47(40-48)53-31-17-30-52(45-22-8-3-9-23-45)60(53)56-29-11-10-26-50(56)44-20-6-2-7-21-44/h1-41H. The number of hydrogen-bond acceptors (Lipinski definition) is 2. The molecule has 11 aromatic rings. The Morgan fingerprint density at radius 3 is 1.47 bits per heavy atom. The lowest BCUT2D eigenvalue weighted by Gasteiger charge is -2.28. The van der Waals surface area contributed by atoms with E-state index in [-0.39, 0.29) is 0 Å². The largest absolute Gasteiger partial charge is 0.456 e. The molecule has 0 bridgehead atoms. The molecule has 0 aliphatic rings. The van der Waals surface area contributed by atoms with Crippen molar-refractivity contribution in [2.75, 3.05) is 4.90 Å². The maximum absolute atomic E-state index is 6.52. The molecule has 2 heteroatoms. The van der Waals surface area contributed by atoms with Gasteiger partial charge in [0.2, 0.25) is 0 Å². The summed E-state index contributed by atoms with van der Waals surface area (Å²) in [7, 11) is 0. The summed E-state index contributed by atoms with van der Waals surface area (Å²) < 4.78 is 6.52. The highest BCUT2D eigenvalue weighted by atomic mass is 16.3. The van der Waals surface area contributed by atoms with E-state index in [0.29, 0.717) is 0 Å². The Bertz CT molecular complexity index is 3330. The van der Waals surface area contributed by atoms with E-state index < -0.39 is 0 Å². The van der Waals surface area contributed by atoms with E-state index in [2.05, 4.69) is 241 Å². The Balaban J connectivity index is 1.11. The zero-order valence-corrected chi connectivity index (χ0v) is 34.0. The summed E-state index contributed by atoms with van der Waals surface area (Å²) in [6, 6.07) is 89.1. The molecule has 292 valence electrons. The first-order chi connectivity index (χ1) is 30.8. The van der Waals surface area contributed by atoms with Crippen molar-refractivity contribution in [2.24, 2.45) is 0 Å². The molecule has 0 aliphatic carbocycles. The average Bonchev–Trinajstić information content (AvgIpc) is 3.73. The number of rotatable bonds is 9. The highest BCUT2D eigenvalue weighted by Gasteiger charge is 2.22. The van der Waals surface area contributed by atoms with E-state index in [1.54, 1.807) is 0 Å². The Morgan fingerprint density at radius 2 is 0.726 bits per heavy atom. The van der Waals surface area contributed by atoms with Gasteiger partial charge in [-0.3, -0.25) is 0 Å². The predicted octanol–water partition coefficient (Wildman–Crippen LogP) is 17.1. The fraction of sp³-hybridized carbons (Fsp3) is 0. The zero-order valence-electron chi connectivity index (χ0n) is 34.0. The minimum atomic E-state index is 0.852. The number of fused-ring (bicyclic) bond motifs is 3. The van der Waals surface area contributed by atoms with Gasteiger partial charge >= 0.3 is 0 Å².